The molecule has 0 spiro atoms. The van der Waals surface area contributed by atoms with E-state index in [1.807, 2.05) is 26.8 Å². The SMILES string of the molecule is Cc1cc(C(C)Nc2cc(N)cc([N+](=O)[O-])c2)c(C)o1. The first kappa shape index (κ1) is 13.9. The van der Waals surface area contributed by atoms with Crippen LogP contribution in [0.4, 0.5) is 17.1 Å². The van der Waals surface area contributed by atoms with Crippen LogP contribution in [0.1, 0.15) is 30.0 Å². The summed E-state index contributed by atoms with van der Waals surface area (Å²) >= 11 is 0. The van der Waals surface area contributed by atoms with E-state index in [1.54, 1.807) is 6.07 Å². The summed E-state index contributed by atoms with van der Waals surface area (Å²) in [5, 5.41) is 14.0. The Labute approximate surface area is 116 Å². The molecule has 1 aromatic heterocycles. The molecule has 0 fully saturated rings. The lowest BCUT2D eigenvalue weighted by Gasteiger charge is -2.15. The average molecular weight is 275 g/mol. The number of hydrogen-bond acceptors (Lipinski definition) is 5. The molecule has 0 aliphatic carbocycles. The molecule has 2 aromatic rings. The first-order valence-corrected chi connectivity index (χ1v) is 6.25. The van der Waals surface area contributed by atoms with Crippen LogP contribution in [0.2, 0.25) is 0 Å². The minimum absolute atomic E-state index is 0.0280. The number of aryl methyl sites for hydroxylation is 2. The fourth-order valence-corrected chi connectivity index (χ4v) is 2.23. The molecular formula is C14H17N3O3. The van der Waals surface area contributed by atoms with Crippen molar-refractivity contribution in [3.63, 3.8) is 0 Å². The van der Waals surface area contributed by atoms with Gasteiger partial charge in [0.25, 0.3) is 5.69 Å². The number of furan rings is 1. The Bertz CT molecular complexity index is 649. The van der Waals surface area contributed by atoms with E-state index in [0.29, 0.717) is 11.4 Å². The Balaban J connectivity index is 2.25. The summed E-state index contributed by atoms with van der Waals surface area (Å²) in [5.74, 6) is 1.67. The molecule has 0 saturated carbocycles. The minimum atomic E-state index is -0.459. The van der Waals surface area contributed by atoms with Gasteiger partial charge in [-0.1, -0.05) is 0 Å². The van der Waals surface area contributed by atoms with Crippen LogP contribution < -0.4 is 11.1 Å². The van der Waals surface area contributed by atoms with Crippen molar-refractivity contribution in [3.05, 3.63) is 51.5 Å². The van der Waals surface area contributed by atoms with Gasteiger partial charge in [-0.25, -0.2) is 0 Å². The van der Waals surface area contributed by atoms with Crippen LogP contribution in [0.25, 0.3) is 0 Å². The molecule has 6 heteroatoms. The number of nitrogens with two attached hydrogens (primary N) is 1. The van der Waals surface area contributed by atoms with Gasteiger partial charge in [-0.15, -0.1) is 0 Å². The summed E-state index contributed by atoms with van der Waals surface area (Å²) in [6.07, 6.45) is 0. The molecule has 106 valence electrons. The quantitative estimate of drug-likeness (QED) is 0.505. The van der Waals surface area contributed by atoms with Crippen molar-refractivity contribution in [1.29, 1.82) is 0 Å². The van der Waals surface area contributed by atoms with Crippen LogP contribution in [-0.4, -0.2) is 4.92 Å². The molecule has 0 aliphatic rings. The van der Waals surface area contributed by atoms with E-state index >= 15 is 0 Å². The van der Waals surface area contributed by atoms with Gasteiger partial charge >= 0.3 is 0 Å². The molecule has 0 bridgehead atoms. The van der Waals surface area contributed by atoms with Gasteiger partial charge in [-0.3, -0.25) is 10.1 Å². The maximum atomic E-state index is 10.8. The normalized spacial score (nSPS) is 12.2. The van der Waals surface area contributed by atoms with Crippen LogP contribution >= 0.6 is 0 Å². The van der Waals surface area contributed by atoms with E-state index in [9.17, 15) is 10.1 Å². The highest BCUT2D eigenvalue weighted by Gasteiger charge is 2.14. The van der Waals surface area contributed by atoms with Gasteiger partial charge in [0.05, 0.1) is 11.0 Å². The lowest BCUT2D eigenvalue weighted by Crippen LogP contribution is -2.07. The Hall–Kier alpha value is -2.50. The Morgan fingerprint density at radius 2 is 2.00 bits per heavy atom. The second-order valence-corrected chi connectivity index (χ2v) is 4.80. The monoisotopic (exact) mass is 275 g/mol. The molecule has 6 nitrogen and oxygen atoms in total. The molecule has 0 radical (unpaired) electrons. The zero-order valence-electron chi connectivity index (χ0n) is 11.6. The molecule has 1 heterocycles. The number of nitro benzene ring substituents is 1. The molecule has 20 heavy (non-hydrogen) atoms. The van der Waals surface area contributed by atoms with E-state index < -0.39 is 4.92 Å². The number of nitrogens with zero attached hydrogens (tertiary/aromatic N) is 1. The number of anilines is 2. The number of benzene rings is 1. The molecule has 3 N–H and O–H groups in total. The average Bonchev–Trinajstić information content (AvgIpc) is 2.67. The summed E-state index contributed by atoms with van der Waals surface area (Å²) < 4.78 is 5.49. The third kappa shape index (κ3) is 2.90. The lowest BCUT2D eigenvalue weighted by atomic mass is 10.1. The van der Waals surface area contributed by atoms with Crippen LogP contribution in [-0.2, 0) is 0 Å². The maximum absolute atomic E-state index is 10.8. The maximum Gasteiger partial charge on any atom is 0.273 e. The lowest BCUT2D eigenvalue weighted by molar-refractivity contribution is -0.384. The number of hydrogen-bond donors (Lipinski definition) is 2. The number of rotatable bonds is 4. The molecule has 1 unspecified atom stereocenters. The van der Waals surface area contributed by atoms with Crippen molar-refractivity contribution in [3.8, 4) is 0 Å². The summed E-state index contributed by atoms with van der Waals surface area (Å²) in [7, 11) is 0. The van der Waals surface area contributed by atoms with Crippen LogP contribution in [0.3, 0.4) is 0 Å². The van der Waals surface area contributed by atoms with E-state index in [-0.39, 0.29) is 11.7 Å². The minimum Gasteiger partial charge on any atom is -0.466 e. The Morgan fingerprint density at radius 1 is 1.30 bits per heavy atom. The van der Waals surface area contributed by atoms with Crippen molar-refractivity contribution in [2.45, 2.75) is 26.8 Å². The van der Waals surface area contributed by atoms with Crippen molar-refractivity contribution in [2.24, 2.45) is 0 Å². The molecule has 0 saturated heterocycles. The van der Waals surface area contributed by atoms with Crippen LogP contribution in [0, 0.1) is 24.0 Å². The first-order chi connectivity index (χ1) is 9.36. The van der Waals surface area contributed by atoms with E-state index in [4.69, 9.17) is 10.2 Å². The van der Waals surface area contributed by atoms with Crippen molar-refractivity contribution in [1.82, 2.24) is 0 Å². The summed E-state index contributed by atoms with van der Waals surface area (Å²) in [6.45, 7) is 5.74. The topological polar surface area (TPSA) is 94.3 Å². The first-order valence-electron chi connectivity index (χ1n) is 6.25. The molecule has 1 atom stereocenters. The zero-order valence-corrected chi connectivity index (χ0v) is 11.6. The highest BCUT2D eigenvalue weighted by Crippen LogP contribution is 2.28. The standard InChI is InChI=1S/C14H17N3O3/c1-8-4-14(10(3)20-8)9(2)16-12-5-11(15)6-13(7-12)17(18)19/h4-7,9,16H,15H2,1-3H3. The Kier molecular flexibility index (Phi) is 3.65. The van der Waals surface area contributed by atoms with Crippen LogP contribution in [0.5, 0.6) is 0 Å². The van der Waals surface area contributed by atoms with Gasteiger partial charge in [0.15, 0.2) is 0 Å². The van der Waals surface area contributed by atoms with E-state index in [1.165, 1.54) is 12.1 Å². The predicted octanol–water partition coefficient (Wildman–Crippen LogP) is 3.56. The molecule has 1 aromatic carbocycles. The molecule has 2 rings (SSSR count). The third-order valence-electron chi connectivity index (χ3n) is 3.08. The van der Waals surface area contributed by atoms with E-state index in [2.05, 4.69) is 5.32 Å². The number of non-ortho nitro benzene ring substituents is 1. The van der Waals surface area contributed by atoms with Gasteiger partial charge in [0, 0.05) is 29.1 Å². The van der Waals surface area contributed by atoms with E-state index in [0.717, 1.165) is 17.1 Å². The number of nitrogen functional groups attached to an aromatic ring is 1. The molecule has 0 amide bonds. The summed E-state index contributed by atoms with van der Waals surface area (Å²) in [6, 6.07) is 6.39. The second kappa shape index (κ2) is 5.24. The molecule has 0 aliphatic heterocycles. The highest BCUT2D eigenvalue weighted by atomic mass is 16.6. The summed E-state index contributed by atoms with van der Waals surface area (Å²) in [5.41, 5.74) is 7.64. The fourth-order valence-electron chi connectivity index (χ4n) is 2.23. The number of nitrogens with one attached hydrogen (secondary N) is 1. The summed E-state index contributed by atoms with van der Waals surface area (Å²) in [4.78, 5) is 10.4. The highest BCUT2D eigenvalue weighted by molar-refractivity contribution is 5.62. The predicted molar refractivity (Wildman–Crippen MR) is 77.7 cm³/mol. The van der Waals surface area contributed by atoms with Crippen molar-refractivity contribution < 1.29 is 9.34 Å². The van der Waals surface area contributed by atoms with Gasteiger partial charge in [-0.2, -0.15) is 0 Å². The van der Waals surface area contributed by atoms with Gasteiger partial charge in [-0.05, 0) is 32.9 Å². The van der Waals surface area contributed by atoms with Crippen molar-refractivity contribution in [2.75, 3.05) is 11.1 Å². The van der Waals surface area contributed by atoms with Gasteiger partial charge in [0.2, 0.25) is 0 Å². The van der Waals surface area contributed by atoms with Gasteiger partial charge < -0.3 is 15.5 Å². The smallest absolute Gasteiger partial charge is 0.273 e. The third-order valence-corrected chi connectivity index (χ3v) is 3.08. The second-order valence-electron chi connectivity index (χ2n) is 4.80. The van der Waals surface area contributed by atoms with Crippen molar-refractivity contribution >= 4 is 17.1 Å². The fraction of sp³-hybridized carbons (Fsp3) is 0.286. The van der Waals surface area contributed by atoms with Crippen LogP contribution in [0.15, 0.2) is 28.7 Å². The van der Waals surface area contributed by atoms with Gasteiger partial charge in [0.1, 0.15) is 11.5 Å². The molecular weight excluding hydrogens is 258 g/mol. The largest absolute Gasteiger partial charge is 0.466 e. The zero-order chi connectivity index (χ0) is 14.9. The Morgan fingerprint density at radius 3 is 2.55 bits per heavy atom. The number of nitro groups is 1.